The van der Waals surface area contributed by atoms with E-state index in [9.17, 15) is 24.3 Å². The summed E-state index contributed by atoms with van der Waals surface area (Å²) in [5.74, 6) is -2.57. The van der Waals surface area contributed by atoms with E-state index in [-0.39, 0.29) is 28.7 Å². The first-order chi connectivity index (χ1) is 16.2. The average molecular weight is 519 g/mol. The van der Waals surface area contributed by atoms with Gasteiger partial charge in [-0.3, -0.25) is 19.4 Å². The molecule has 186 valence electrons. The number of fused-ring (bicyclic) bond motifs is 2. The van der Waals surface area contributed by atoms with Gasteiger partial charge >= 0.3 is 12.0 Å². The molecule has 1 aromatic heterocycles. The van der Waals surface area contributed by atoms with Crippen molar-refractivity contribution in [2.75, 3.05) is 11.9 Å². The summed E-state index contributed by atoms with van der Waals surface area (Å²) in [6, 6.07) is 2.56. The van der Waals surface area contributed by atoms with Gasteiger partial charge in [0, 0.05) is 28.9 Å². The zero-order valence-corrected chi connectivity index (χ0v) is 21.9. The summed E-state index contributed by atoms with van der Waals surface area (Å²) >= 11 is 7.70. The minimum atomic E-state index is -2.05. The Morgan fingerprint density at radius 1 is 1.20 bits per heavy atom. The molecule has 1 spiro atoms. The molecule has 11 heteroatoms. The number of urea groups is 1. The van der Waals surface area contributed by atoms with E-state index >= 15 is 0 Å². The van der Waals surface area contributed by atoms with Gasteiger partial charge in [0.05, 0.1) is 22.9 Å². The van der Waals surface area contributed by atoms with Gasteiger partial charge < -0.3 is 10.0 Å². The second-order valence-electron chi connectivity index (χ2n) is 10.2. The molecule has 1 aromatic carbocycles. The van der Waals surface area contributed by atoms with Crippen LogP contribution in [0.15, 0.2) is 23.6 Å². The molecule has 0 saturated carbocycles. The number of carbonyl (C=O) groups excluding carboxylic acids is 3. The summed E-state index contributed by atoms with van der Waals surface area (Å²) in [5.41, 5.74) is -1.95. The highest BCUT2D eigenvalue weighted by atomic mass is 35.5. The molecule has 2 aliphatic rings. The number of benzene rings is 1. The predicted octanol–water partition coefficient (Wildman–Crippen LogP) is 4.06. The van der Waals surface area contributed by atoms with Crippen LogP contribution in [0.3, 0.4) is 0 Å². The number of aromatic nitrogens is 1. The molecule has 9 nitrogen and oxygen atoms in total. The lowest BCUT2D eigenvalue weighted by atomic mass is 9.85. The maximum atomic E-state index is 14.1. The van der Waals surface area contributed by atoms with Gasteiger partial charge in [-0.1, -0.05) is 46.2 Å². The van der Waals surface area contributed by atoms with Crippen LogP contribution in [-0.2, 0) is 26.5 Å². The molecule has 0 bridgehead atoms. The molecule has 1 N–H and O–H groups in total. The van der Waals surface area contributed by atoms with Crippen LogP contribution in [0.4, 0.5) is 10.5 Å². The third-order valence-corrected chi connectivity index (χ3v) is 7.84. The van der Waals surface area contributed by atoms with Crippen LogP contribution >= 0.6 is 22.9 Å². The third-order valence-electron chi connectivity index (χ3n) is 6.41. The SMILES string of the molecule is CC(C)c1nc(CN2C(=O)N(C)C3(C2=O)C(=O)N(C(C(=O)O)C(C)(C)C)c2ccc(Cl)cc23)cs1. The van der Waals surface area contributed by atoms with Crippen molar-refractivity contribution < 1.29 is 24.3 Å². The topological polar surface area (TPSA) is 111 Å². The van der Waals surface area contributed by atoms with Crippen LogP contribution in [0.2, 0.25) is 5.02 Å². The number of carboxylic acid groups (broad SMARTS) is 1. The van der Waals surface area contributed by atoms with E-state index in [0.717, 1.165) is 19.7 Å². The van der Waals surface area contributed by atoms with Crippen molar-refractivity contribution in [3.63, 3.8) is 0 Å². The van der Waals surface area contributed by atoms with E-state index in [1.165, 1.54) is 36.6 Å². The first kappa shape index (κ1) is 25.1. The third kappa shape index (κ3) is 3.61. The number of hydrogen-bond acceptors (Lipinski definition) is 6. The average Bonchev–Trinajstić information content (AvgIpc) is 3.36. The molecule has 35 heavy (non-hydrogen) atoms. The largest absolute Gasteiger partial charge is 0.480 e. The van der Waals surface area contributed by atoms with Gasteiger partial charge in [0.1, 0.15) is 6.04 Å². The molecular weight excluding hydrogens is 492 g/mol. The molecule has 3 heterocycles. The number of carboxylic acids is 1. The molecular formula is C24H27ClN4O5S. The summed E-state index contributed by atoms with van der Waals surface area (Å²) in [6.45, 7) is 9.00. The maximum absolute atomic E-state index is 14.1. The van der Waals surface area contributed by atoms with Crippen LogP contribution in [0.1, 0.15) is 56.8 Å². The van der Waals surface area contributed by atoms with E-state index in [4.69, 9.17) is 11.6 Å². The molecule has 2 atom stereocenters. The van der Waals surface area contributed by atoms with Crippen molar-refractivity contribution in [1.29, 1.82) is 0 Å². The van der Waals surface area contributed by atoms with Gasteiger partial charge in [0.15, 0.2) is 0 Å². The quantitative estimate of drug-likeness (QED) is 0.472. The second-order valence-corrected chi connectivity index (χ2v) is 11.5. The molecule has 0 radical (unpaired) electrons. The highest BCUT2D eigenvalue weighted by Gasteiger charge is 2.69. The van der Waals surface area contributed by atoms with Crippen LogP contribution in [0.25, 0.3) is 0 Å². The summed E-state index contributed by atoms with van der Waals surface area (Å²) in [4.78, 5) is 61.5. The number of rotatable bonds is 5. The molecule has 4 amide bonds. The van der Waals surface area contributed by atoms with Crippen LogP contribution in [0, 0.1) is 5.41 Å². The van der Waals surface area contributed by atoms with Crippen molar-refractivity contribution in [3.05, 3.63) is 44.9 Å². The number of halogens is 1. The Hall–Kier alpha value is -2.98. The standard InChI is InChI=1S/C24H27ClN4O5S/c1-12(2)18-26-14(11-35-18)10-28-20(32)24(27(6)22(28)34)15-9-13(25)7-8-16(15)29(21(24)33)17(19(30)31)23(3,4)5/h7-9,11-12,17H,10H2,1-6H3,(H,30,31). The number of amides is 4. The first-order valence-electron chi connectivity index (χ1n) is 11.1. The number of likely N-dealkylation sites (N-methyl/N-ethyl adjacent to an activating group) is 1. The van der Waals surface area contributed by atoms with E-state index in [0.29, 0.717) is 5.69 Å². The molecule has 0 aliphatic carbocycles. The van der Waals surface area contributed by atoms with E-state index < -0.39 is 40.8 Å². The summed E-state index contributed by atoms with van der Waals surface area (Å²) in [6.07, 6.45) is 0. The van der Waals surface area contributed by atoms with E-state index in [1.807, 2.05) is 13.8 Å². The lowest BCUT2D eigenvalue weighted by Gasteiger charge is -2.36. The molecule has 1 saturated heterocycles. The molecule has 2 unspecified atom stereocenters. The summed E-state index contributed by atoms with van der Waals surface area (Å²) < 4.78 is 0. The zero-order chi connectivity index (χ0) is 26.0. The molecule has 2 aliphatic heterocycles. The number of imide groups is 1. The Bertz CT molecular complexity index is 1250. The van der Waals surface area contributed by atoms with E-state index in [1.54, 1.807) is 26.2 Å². The van der Waals surface area contributed by atoms with Crippen molar-refractivity contribution in [2.24, 2.45) is 5.41 Å². The van der Waals surface area contributed by atoms with Gasteiger partial charge in [0.25, 0.3) is 11.8 Å². The van der Waals surface area contributed by atoms with Gasteiger partial charge in [-0.05, 0) is 23.6 Å². The fourth-order valence-electron chi connectivity index (χ4n) is 4.77. The highest BCUT2D eigenvalue weighted by molar-refractivity contribution is 7.09. The Kier molecular flexibility index (Phi) is 5.96. The highest BCUT2D eigenvalue weighted by Crippen LogP contribution is 2.51. The molecule has 4 rings (SSSR count). The van der Waals surface area contributed by atoms with Crippen molar-refractivity contribution in [2.45, 2.75) is 58.7 Å². The van der Waals surface area contributed by atoms with Gasteiger partial charge in [-0.2, -0.15) is 0 Å². The Labute approximate surface area is 212 Å². The lowest BCUT2D eigenvalue weighted by molar-refractivity contribution is -0.147. The van der Waals surface area contributed by atoms with Crippen molar-refractivity contribution >= 4 is 52.4 Å². The number of anilines is 1. The fraction of sp³-hybridized carbons (Fsp3) is 0.458. The van der Waals surface area contributed by atoms with Crippen molar-refractivity contribution in [1.82, 2.24) is 14.8 Å². The second kappa shape index (κ2) is 8.30. The number of nitrogens with zero attached hydrogens (tertiary/aromatic N) is 4. The van der Waals surface area contributed by atoms with Gasteiger partial charge in [0.2, 0.25) is 5.54 Å². The zero-order valence-electron chi connectivity index (χ0n) is 20.3. The number of aliphatic carboxylic acids is 1. The first-order valence-corrected chi connectivity index (χ1v) is 12.4. The van der Waals surface area contributed by atoms with Gasteiger partial charge in [-0.15, -0.1) is 11.3 Å². The normalized spacial score (nSPS) is 21.0. The number of thiazole rings is 1. The minimum Gasteiger partial charge on any atom is -0.480 e. The molecule has 1 fully saturated rings. The minimum absolute atomic E-state index is 0.0994. The Morgan fingerprint density at radius 2 is 1.86 bits per heavy atom. The summed E-state index contributed by atoms with van der Waals surface area (Å²) in [5, 5.41) is 13.0. The molecule has 2 aromatic rings. The number of carbonyl (C=O) groups is 4. The maximum Gasteiger partial charge on any atom is 0.328 e. The van der Waals surface area contributed by atoms with Crippen LogP contribution in [0.5, 0.6) is 0 Å². The van der Waals surface area contributed by atoms with Gasteiger partial charge in [-0.25, -0.2) is 14.6 Å². The fourth-order valence-corrected chi connectivity index (χ4v) is 5.77. The monoisotopic (exact) mass is 518 g/mol. The predicted molar refractivity (Wildman–Crippen MR) is 131 cm³/mol. The van der Waals surface area contributed by atoms with Crippen LogP contribution in [-0.4, -0.2) is 56.8 Å². The Balaban J connectivity index is 1.86. The van der Waals surface area contributed by atoms with Crippen LogP contribution < -0.4 is 4.90 Å². The lowest BCUT2D eigenvalue weighted by Crippen LogP contribution is -2.58. The van der Waals surface area contributed by atoms with Crippen molar-refractivity contribution in [3.8, 4) is 0 Å². The number of hydrogen-bond donors (Lipinski definition) is 1. The van der Waals surface area contributed by atoms with E-state index in [2.05, 4.69) is 4.98 Å². The summed E-state index contributed by atoms with van der Waals surface area (Å²) in [7, 11) is 1.37. The Morgan fingerprint density at radius 3 is 2.40 bits per heavy atom. The smallest absolute Gasteiger partial charge is 0.328 e.